The van der Waals surface area contributed by atoms with Gasteiger partial charge in [0.25, 0.3) is 0 Å². The summed E-state index contributed by atoms with van der Waals surface area (Å²) < 4.78 is 0.859. The Kier molecular flexibility index (Phi) is 4.96. The summed E-state index contributed by atoms with van der Waals surface area (Å²) >= 11 is 9.65. The van der Waals surface area contributed by atoms with Crippen LogP contribution in [-0.4, -0.2) is 35.2 Å². The van der Waals surface area contributed by atoms with Gasteiger partial charge in [0.1, 0.15) is 5.54 Å². The van der Waals surface area contributed by atoms with Crippen molar-refractivity contribution < 1.29 is 9.59 Å². The first kappa shape index (κ1) is 20.4. The van der Waals surface area contributed by atoms with E-state index in [9.17, 15) is 9.59 Å². The molecule has 2 aliphatic rings. The van der Waals surface area contributed by atoms with Gasteiger partial charge in [-0.25, -0.2) is 0 Å². The van der Waals surface area contributed by atoms with Crippen molar-refractivity contribution in [3.63, 3.8) is 0 Å². The number of carbonyl (C=O) groups excluding carboxylic acids is 2. The Morgan fingerprint density at radius 2 is 2.00 bits per heavy atom. The van der Waals surface area contributed by atoms with Gasteiger partial charge in [0, 0.05) is 51.2 Å². The van der Waals surface area contributed by atoms with Gasteiger partial charge < -0.3 is 5.32 Å². The summed E-state index contributed by atoms with van der Waals surface area (Å²) in [6.45, 7) is 0.553. The Morgan fingerprint density at radius 3 is 2.71 bits per heavy atom. The van der Waals surface area contributed by atoms with Crippen molar-refractivity contribution in [3.8, 4) is 0 Å². The molecule has 1 fully saturated rings. The van der Waals surface area contributed by atoms with Gasteiger partial charge in [-0.05, 0) is 55.1 Å². The number of likely N-dealkylation sites (N-methyl/N-ethyl adjacent to an activating group) is 1. The summed E-state index contributed by atoms with van der Waals surface area (Å²) in [5.74, 6) is -1.09. The summed E-state index contributed by atoms with van der Waals surface area (Å²) in [7, 11) is 1.91. The molecule has 1 saturated heterocycles. The second-order valence-corrected chi connectivity index (χ2v) is 9.38. The van der Waals surface area contributed by atoms with E-state index in [-0.39, 0.29) is 17.6 Å². The highest BCUT2D eigenvalue weighted by atomic mass is 79.9. The van der Waals surface area contributed by atoms with E-state index in [1.54, 1.807) is 24.5 Å². The third-order valence-corrected chi connectivity index (χ3v) is 7.18. The van der Waals surface area contributed by atoms with E-state index in [1.807, 2.05) is 54.4 Å². The van der Waals surface area contributed by atoms with Crippen LogP contribution in [0.1, 0.15) is 27.4 Å². The highest BCUT2D eigenvalue weighted by Crippen LogP contribution is 2.56. The molecule has 2 aromatic carbocycles. The van der Waals surface area contributed by atoms with E-state index in [0.717, 1.165) is 21.3 Å². The van der Waals surface area contributed by atoms with Gasteiger partial charge in [0.2, 0.25) is 5.91 Å². The van der Waals surface area contributed by atoms with Crippen LogP contribution in [0.5, 0.6) is 0 Å². The molecule has 0 saturated carbocycles. The Morgan fingerprint density at radius 1 is 1.23 bits per heavy atom. The Balaban J connectivity index is 1.74. The first-order valence-electron chi connectivity index (χ1n) is 9.95. The lowest BCUT2D eigenvalue weighted by atomic mass is 9.70. The highest BCUT2D eigenvalue weighted by Gasteiger charge is 2.64. The second-order valence-electron chi connectivity index (χ2n) is 8.03. The molecule has 5 nitrogen and oxygen atoms in total. The summed E-state index contributed by atoms with van der Waals surface area (Å²) in [6, 6.07) is 16.8. The number of nitrogens with zero attached hydrogens (tertiary/aromatic N) is 2. The van der Waals surface area contributed by atoms with Gasteiger partial charge in [0.15, 0.2) is 5.78 Å². The van der Waals surface area contributed by atoms with Crippen molar-refractivity contribution in [3.05, 3.63) is 93.2 Å². The molecule has 0 aliphatic carbocycles. The fourth-order valence-electron chi connectivity index (χ4n) is 5.11. The molecule has 0 radical (unpaired) electrons. The molecule has 1 spiro atoms. The minimum atomic E-state index is -1.11. The third kappa shape index (κ3) is 3.04. The van der Waals surface area contributed by atoms with Gasteiger partial charge in [-0.2, -0.15) is 0 Å². The lowest BCUT2D eigenvalue weighted by molar-refractivity contribution is -0.126. The molecule has 3 aromatic rings. The molecule has 1 amide bonds. The number of carbonyl (C=O) groups is 2. The van der Waals surface area contributed by atoms with Crippen molar-refractivity contribution in [2.75, 3.05) is 18.9 Å². The monoisotopic (exact) mass is 495 g/mol. The molecule has 3 atom stereocenters. The average Bonchev–Trinajstić information content (AvgIpc) is 3.24. The number of hydrogen-bond acceptors (Lipinski definition) is 4. The maximum atomic E-state index is 14.0. The smallest absolute Gasteiger partial charge is 0.250 e. The number of pyridine rings is 1. The van der Waals surface area contributed by atoms with Gasteiger partial charge in [-0.15, -0.1) is 0 Å². The van der Waals surface area contributed by atoms with Crippen molar-refractivity contribution >= 4 is 44.9 Å². The number of hydrogen-bond donors (Lipinski definition) is 1. The van der Waals surface area contributed by atoms with Gasteiger partial charge in [-0.3, -0.25) is 19.5 Å². The Labute approximate surface area is 193 Å². The van der Waals surface area contributed by atoms with Crippen molar-refractivity contribution in [1.29, 1.82) is 0 Å². The summed E-state index contributed by atoms with van der Waals surface area (Å²) in [4.78, 5) is 33.7. The second kappa shape index (κ2) is 7.55. The van der Waals surface area contributed by atoms with Crippen LogP contribution >= 0.6 is 27.5 Å². The summed E-state index contributed by atoms with van der Waals surface area (Å²) in [5.41, 5.74) is 1.91. The maximum Gasteiger partial charge on any atom is 0.250 e. The van der Waals surface area contributed by atoms with Crippen LogP contribution in [0.25, 0.3) is 0 Å². The topological polar surface area (TPSA) is 62.3 Å². The average molecular weight is 497 g/mol. The first-order chi connectivity index (χ1) is 14.9. The number of nitrogens with one attached hydrogen (secondary N) is 1. The zero-order chi connectivity index (χ0) is 21.8. The molecule has 31 heavy (non-hydrogen) atoms. The number of anilines is 1. The van der Waals surface area contributed by atoms with Crippen molar-refractivity contribution in [2.24, 2.45) is 5.92 Å². The predicted molar refractivity (Wildman–Crippen MR) is 123 cm³/mol. The van der Waals surface area contributed by atoms with Crippen LogP contribution in [0.2, 0.25) is 5.02 Å². The zero-order valence-electron chi connectivity index (χ0n) is 16.7. The molecule has 7 heteroatoms. The van der Waals surface area contributed by atoms with E-state index < -0.39 is 11.5 Å². The Hall–Kier alpha value is -2.54. The highest BCUT2D eigenvalue weighted by molar-refractivity contribution is 9.10. The number of ketones is 1. The molecular formula is C24H19BrClN3O2. The minimum absolute atomic E-state index is 0.0969. The lowest BCUT2D eigenvalue weighted by Crippen LogP contribution is -2.51. The van der Waals surface area contributed by atoms with Crippen LogP contribution in [0.3, 0.4) is 0 Å². The summed E-state index contributed by atoms with van der Waals surface area (Å²) in [5, 5.41) is 3.65. The van der Waals surface area contributed by atoms with E-state index in [4.69, 9.17) is 11.6 Å². The van der Waals surface area contributed by atoms with E-state index in [2.05, 4.69) is 26.2 Å². The molecule has 3 unspecified atom stereocenters. The van der Waals surface area contributed by atoms with Crippen LogP contribution < -0.4 is 5.32 Å². The SMILES string of the molecule is CN1CC(c2ccc(Cl)cc2)C(C(=O)c2cccnc2)C12C(=O)Nc1ccc(Br)cc12. The lowest BCUT2D eigenvalue weighted by Gasteiger charge is -2.35. The largest absolute Gasteiger partial charge is 0.324 e. The van der Waals surface area contributed by atoms with Crippen LogP contribution in [0.4, 0.5) is 5.69 Å². The molecule has 0 bridgehead atoms. The molecule has 1 aromatic heterocycles. The number of likely N-dealkylation sites (tertiary alicyclic amines) is 1. The maximum absolute atomic E-state index is 14.0. The Bertz CT molecular complexity index is 1190. The minimum Gasteiger partial charge on any atom is -0.324 e. The molecule has 2 aliphatic heterocycles. The van der Waals surface area contributed by atoms with E-state index in [0.29, 0.717) is 17.1 Å². The van der Waals surface area contributed by atoms with Crippen LogP contribution in [-0.2, 0) is 10.3 Å². The standard InChI is InChI=1S/C24H19BrClN3O2/c1-29-13-18(14-4-7-17(26)8-5-14)21(22(30)15-3-2-10-27-12-15)24(29)19-11-16(25)6-9-20(19)28-23(24)31/h2-12,18,21H,13H2,1H3,(H,28,31). The third-order valence-electron chi connectivity index (χ3n) is 6.44. The number of aromatic nitrogens is 1. The molecule has 3 heterocycles. The number of fused-ring (bicyclic) bond motifs is 2. The van der Waals surface area contributed by atoms with Crippen LogP contribution in [0, 0.1) is 5.92 Å². The van der Waals surface area contributed by atoms with Crippen molar-refractivity contribution in [2.45, 2.75) is 11.5 Å². The molecule has 1 N–H and O–H groups in total. The number of amides is 1. The number of benzene rings is 2. The molecule has 156 valence electrons. The predicted octanol–water partition coefficient (Wildman–Crippen LogP) is 4.87. The normalized spacial score (nSPS) is 24.9. The van der Waals surface area contributed by atoms with Gasteiger partial charge in [0.05, 0.1) is 5.92 Å². The molecule has 5 rings (SSSR count). The summed E-state index contributed by atoms with van der Waals surface area (Å²) in [6.07, 6.45) is 3.21. The van der Waals surface area contributed by atoms with Crippen molar-refractivity contribution in [1.82, 2.24) is 9.88 Å². The van der Waals surface area contributed by atoms with E-state index in [1.165, 1.54) is 0 Å². The zero-order valence-corrected chi connectivity index (χ0v) is 19.0. The number of rotatable bonds is 3. The van der Waals surface area contributed by atoms with Gasteiger partial charge in [-0.1, -0.05) is 39.7 Å². The van der Waals surface area contributed by atoms with Crippen LogP contribution in [0.15, 0.2) is 71.5 Å². The quantitative estimate of drug-likeness (QED) is 0.525. The fraction of sp³-hybridized carbons (Fsp3) is 0.208. The van der Waals surface area contributed by atoms with E-state index >= 15 is 0 Å². The first-order valence-corrected chi connectivity index (χ1v) is 11.1. The number of halogens is 2. The number of Topliss-reactive ketones (excluding diaryl/α,β-unsaturated/α-hetero) is 1. The molecular weight excluding hydrogens is 478 g/mol. The van der Waals surface area contributed by atoms with Gasteiger partial charge >= 0.3 is 0 Å². The fourth-order valence-corrected chi connectivity index (χ4v) is 5.60.